The van der Waals surface area contributed by atoms with Crippen LogP contribution in [0.15, 0.2) is 24.3 Å². The fraction of sp³-hybridized carbons (Fsp3) is 0.611. The summed E-state index contributed by atoms with van der Waals surface area (Å²) in [6.45, 7) is 0.379. The van der Waals surface area contributed by atoms with Crippen LogP contribution in [0, 0.1) is 5.92 Å². The number of alkyl halides is 3. The van der Waals surface area contributed by atoms with Gasteiger partial charge in [0.1, 0.15) is 0 Å². The summed E-state index contributed by atoms with van der Waals surface area (Å²) in [5.74, 6) is 0.325. The fourth-order valence-corrected chi connectivity index (χ4v) is 3.46. The molecule has 0 bridgehead atoms. The van der Waals surface area contributed by atoms with Gasteiger partial charge < -0.3 is 10.6 Å². The van der Waals surface area contributed by atoms with Crippen molar-refractivity contribution in [3.63, 3.8) is 0 Å². The van der Waals surface area contributed by atoms with Crippen molar-refractivity contribution < 1.29 is 18.0 Å². The number of nitrogens with zero attached hydrogens (tertiary/aromatic N) is 1. The van der Waals surface area contributed by atoms with Crippen molar-refractivity contribution in [1.29, 1.82) is 0 Å². The van der Waals surface area contributed by atoms with Gasteiger partial charge in [-0.2, -0.15) is 13.2 Å². The van der Waals surface area contributed by atoms with Gasteiger partial charge in [0.05, 0.1) is 5.56 Å². The van der Waals surface area contributed by atoms with E-state index in [1.165, 1.54) is 12.1 Å². The van der Waals surface area contributed by atoms with E-state index in [4.69, 9.17) is 5.73 Å². The minimum absolute atomic E-state index is 0. The van der Waals surface area contributed by atoms with Crippen molar-refractivity contribution in [2.45, 2.75) is 63.3 Å². The molecule has 7 heteroatoms. The van der Waals surface area contributed by atoms with Crippen LogP contribution in [0.25, 0.3) is 0 Å². The van der Waals surface area contributed by atoms with E-state index in [9.17, 15) is 18.0 Å². The average molecular weight is 377 g/mol. The molecule has 140 valence electrons. The highest BCUT2D eigenvalue weighted by atomic mass is 35.5. The van der Waals surface area contributed by atoms with Crippen LogP contribution in [0.4, 0.5) is 13.2 Å². The number of halogens is 4. The van der Waals surface area contributed by atoms with E-state index in [-0.39, 0.29) is 36.3 Å². The quantitative estimate of drug-likeness (QED) is 0.839. The highest BCUT2D eigenvalue weighted by Crippen LogP contribution is 2.33. The van der Waals surface area contributed by atoms with Crippen LogP contribution in [0.1, 0.15) is 49.7 Å². The maximum Gasteiger partial charge on any atom is 0.416 e. The van der Waals surface area contributed by atoms with Crippen LogP contribution in [-0.2, 0) is 17.5 Å². The number of amides is 1. The first-order chi connectivity index (χ1) is 11.3. The van der Waals surface area contributed by atoms with E-state index < -0.39 is 11.7 Å². The number of rotatable bonds is 5. The van der Waals surface area contributed by atoms with E-state index in [2.05, 4.69) is 0 Å². The predicted octanol–water partition coefficient (Wildman–Crippen LogP) is 4.14. The summed E-state index contributed by atoms with van der Waals surface area (Å²) in [5, 5.41) is 0. The summed E-state index contributed by atoms with van der Waals surface area (Å²) < 4.78 is 37.9. The lowest BCUT2D eigenvalue weighted by atomic mass is 9.99. The summed E-state index contributed by atoms with van der Waals surface area (Å²) >= 11 is 0. The van der Waals surface area contributed by atoms with Crippen LogP contribution in [-0.4, -0.2) is 22.9 Å². The lowest BCUT2D eigenvalue weighted by molar-refractivity contribution is -0.137. The van der Waals surface area contributed by atoms with Gasteiger partial charge in [-0.1, -0.05) is 18.6 Å². The molecule has 1 amide bonds. The molecule has 0 saturated heterocycles. The molecule has 2 fully saturated rings. The number of hydrogen-bond acceptors (Lipinski definition) is 2. The molecule has 25 heavy (non-hydrogen) atoms. The Bertz CT molecular complexity index is 587. The van der Waals surface area contributed by atoms with Gasteiger partial charge >= 0.3 is 6.18 Å². The van der Waals surface area contributed by atoms with Crippen molar-refractivity contribution in [3.05, 3.63) is 35.4 Å². The molecule has 0 heterocycles. The molecule has 2 atom stereocenters. The van der Waals surface area contributed by atoms with Gasteiger partial charge in [-0.3, -0.25) is 4.79 Å². The van der Waals surface area contributed by atoms with Crippen molar-refractivity contribution in [2.75, 3.05) is 0 Å². The Morgan fingerprint density at radius 1 is 1.12 bits per heavy atom. The number of nitrogens with two attached hydrogens (primary N) is 1. The van der Waals surface area contributed by atoms with Crippen LogP contribution >= 0.6 is 12.4 Å². The first-order valence-corrected chi connectivity index (χ1v) is 8.56. The highest BCUT2D eigenvalue weighted by Gasteiger charge is 2.35. The summed E-state index contributed by atoms with van der Waals surface area (Å²) in [6, 6.07) is 5.42. The predicted molar refractivity (Wildman–Crippen MR) is 92.2 cm³/mol. The molecule has 3 nitrogen and oxygen atoms in total. The van der Waals surface area contributed by atoms with Gasteiger partial charge in [0, 0.05) is 25.0 Å². The zero-order valence-corrected chi connectivity index (χ0v) is 14.8. The van der Waals surface area contributed by atoms with E-state index in [0.717, 1.165) is 49.8 Å². The lowest BCUT2D eigenvalue weighted by Crippen LogP contribution is -2.36. The molecule has 2 N–H and O–H groups in total. The normalized spacial score (nSPS) is 23.2. The highest BCUT2D eigenvalue weighted by molar-refractivity contribution is 5.85. The third-order valence-electron chi connectivity index (χ3n) is 5.10. The second kappa shape index (κ2) is 7.96. The first-order valence-electron chi connectivity index (χ1n) is 8.56. The van der Waals surface area contributed by atoms with Crippen LogP contribution < -0.4 is 5.73 Å². The minimum Gasteiger partial charge on any atom is -0.335 e. The summed E-state index contributed by atoms with van der Waals surface area (Å²) in [5.41, 5.74) is 6.13. The summed E-state index contributed by atoms with van der Waals surface area (Å²) in [4.78, 5) is 14.5. The summed E-state index contributed by atoms with van der Waals surface area (Å²) in [6.07, 6.45) is 1.11. The molecule has 3 rings (SSSR count). The topological polar surface area (TPSA) is 46.3 Å². The first kappa shape index (κ1) is 20.0. The zero-order chi connectivity index (χ0) is 17.3. The maximum absolute atomic E-state index is 12.6. The molecule has 1 aromatic rings. The fourth-order valence-electron chi connectivity index (χ4n) is 3.46. The van der Waals surface area contributed by atoms with Crippen molar-refractivity contribution in [2.24, 2.45) is 11.7 Å². The number of carbonyl (C=O) groups excluding carboxylic acids is 1. The van der Waals surface area contributed by atoms with Gasteiger partial charge in [-0.25, -0.2) is 0 Å². The molecule has 0 aromatic heterocycles. The standard InChI is InChI=1S/C18H23F3N2O.ClH/c19-18(20,21)14-6-4-12(5-7-14)11-23(15-8-9-15)17(24)10-13-2-1-3-16(13)22;/h4-7,13,15-16H,1-3,8-11,22H2;1H/t13-,16+;/m0./s1. The Morgan fingerprint density at radius 3 is 2.24 bits per heavy atom. The lowest BCUT2D eigenvalue weighted by Gasteiger charge is -2.25. The molecule has 1 aromatic carbocycles. The molecule has 0 aliphatic heterocycles. The second-order valence-electron chi connectivity index (χ2n) is 7.01. The Morgan fingerprint density at radius 2 is 1.76 bits per heavy atom. The van der Waals surface area contributed by atoms with E-state index >= 15 is 0 Å². The Kier molecular flexibility index (Phi) is 6.38. The molecular formula is C18H24ClF3N2O. The third kappa shape index (κ3) is 5.11. The monoisotopic (exact) mass is 376 g/mol. The number of hydrogen-bond donors (Lipinski definition) is 1. The maximum atomic E-state index is 12.6. The van der Waals surface area contributed by atoms with Crippen molar-refractivity contribution in [1.82, 2.24) is 4.90 Å². The van der Waals surface area contributed by atoms with E-state index in [1.54, 1.807) is 0 Å². The van der Waals surface area contributed by atoms with E-state index in [0.29, 0.717) is 13.0 Å². The Hall–Kier alpha value is -1.27. The van der Waals surface area contributed by atoms with Gasteiger partial charge in [-0.05, 0) is 49.3 Å². The Labute approximate surface area is 152 Å². The van der Waals surface area contributed by atoms with Crippen LogP contribution in [0.2, 0.25) is 0 Å². The largest absolute Gasteiger partial charge is 0.416 e. The summed E-state index contributed by atoms with van der Waals surface area (Å²) in [7, 11) is 0. The third-order valence-corrected chi connectivity index (χ3v) is 5.10. The molecule has 2 aliphatic rings. The van der Waals surface area contributed by atoms with Crippen molar-refractivity contribution in [3.8, 4) is 0 Å². The Balaban J connectivity index is 0.00000225. The molecule has 0 radical (unpaired) electrons. The number of benzene rings is 1. The van der Waals surface area contributed by atoms with Gasteiger partial charge in [0.25, 0.3) is 0 Å². The van der Waals surface area contributed by atoms with E-state index in [1.807, 2.05) is 4.90 Å². The average Bonchev–Trinajstić information content (AvgIpc) is 3.28. The minimum atomic E-state index is -4.33. The second-order valence-corrected chi connectivity index (χ2v) is 7.01. The zero-order valence-electron chi connectivity index (χ0n) is 14.0. The SMILES string of the molecule is Cl.N[C@@H]1CCC[C@H]1CC(=O)N(Cc1ccc(C(F)(F)F)cc1)C1CC1. The molecule has 2 aliphatic carbocycles. The molecule has 0 spiro atoms. The molecular weight excluding hydrogens is 353 g/mol. The van der Waals surface area contributed by atoms with Crippen LogP contribution in [0.5, 0.6) is 0 Å². The molecule has 0 unspecified atom stereocenters. The van der Waals surface area contributed by atoms with Gasteiger partial charge in [0.15, 0.2) is 0 Å². The van der Waals surface area contributed by atoms with Gasteiger partial charge in [-0.15, -0.1) is 12.4 Å². The van der Waals surface area contributed by atoms with Crippen molar-refractivity contribution >= 4 is 18.3 Å². The smallest absolute Gasteiger partial charge is 0.335 e. The molecule has 2 saturated carbocycles. The van der Waals surface area contributed by atoms with Gasteiger partial charge in [0.2, 0.25) is 5.91 Å². The number of carbonyl (C=O) groups is 1. The van der Waals surface area contributed by atoms with Crippen LogP contribution in [0.3, 0.4) is 0 Å².